The quantitative estimate of drug-likeness (QED) is 0.411. The maximum atomic E-state index is 11.6. The molecule has 0 radical (unpaired) electrons. The van der Waals surface area contributed by atoms with Gasteiger partial charge in [-0.25, -0.2) is 0 Å². The molecule has 0 aromatic heterocycles. The van der Waals surface area contributed by atoms with Gasteiger partial charge in [0.25, 0.3) is 0 Å². The van der Waals surface area contributed by atoms with Gasteiger partial charge < -0.3 is 4.43 Å². The van der Waals surface area contributed by atoms with Crippen LogP contribution >= 0.6 is 0 Å². The molecule has 21 heavy (non-hydrogen) atoms. The van der Waals surface area contributed by atoms with E-state index in [0.29, 0.717) is 19.4 Å². The zero-order valence-corrected chi connectivity index (χ0v) is 15.1. The molecule has 0 bridgehead atoms. The van der Waals surface area contributed by atoms with E-state index in [1.807, 2.05) is 6.08 Å². The highest BCUT2D eigenvalue weighted by Crippen LogP contribution is 2.37. The van der Waals surface area contributed by atoms with Gasteiger partial charge in [-0.15, -0.1) is 6.58 Å². The molecule has 0 aliphatic carbocycles. The molecular formula is C16H29NO3Si. The van der Waals surface area contributed by atoms with Gasteiger partial charge in [0.2, 0.25) is 11.8 Å². The second-order valence-corrected chi connectivity index (χ2v) is 12.0. The van der Waals surface area contributed by atoms with Gasteiger partial charge in [0, 0.05) is 19.4 Å². The van der Waals surface area contributed by atoms with Crippen LogP contribution in [0.1, 0.15) is 46.5 Å². The molecule has 120 valence electrons. The molecule has 4 nitrogen and oxygen atoms in total. The number of hydrogen-bond acceptors (Lipinski definition) is 3. The van der Waals surface area contributed by atoms with E-state index >= 15 is 0 Å². The van der Waals surface area contributed by atoms with Crippen LogP contribution in [0.5, 0.6) is 0 Å². The van der Waals surface area contributed by atoms with Gasteiger partial charge in [-0.2, -0.15) is 0 Å². The molecule has 0 aromatic rings. The van der Waals surface area contributed by atoms with Crippen LogP contribution in [0.2, 0.25) is 18.1 Å². The van der Waals surface area contributed by atoms with Gasteiger partial charge in [0.1, 0.15) is 0 Å². The van der Waals surface area contributed by atoms with Crippen LogP contribution in [-0.2, 0) is 14.0 Å². The molecule has 0 N–H and O–H groups in total. The van der Waals surface area contributed by atoms with E-state index in [2.05, 4.69) is 40.4 Å². The van der Waals surface area contributed by atoms with Crippen LogP contribution in [0, 0.1) is 0 Å². The summed E-state index contributed by atoms with van der Waals surface area (Å²) in [6, 6.07) is 0. The Hall–Kier alpha value is -0.943. The first-order valence-electron chi connectivity index (χ1n) is 7.72. The molecule has 1 heterocycles. The number of hydrogen-bond donors (Lipinski definition) is 0. The lowest BCUT2D eigenvalue weighted by Gasteiger charge is -2.38. The molecule has 0 spiro atoms. The van der Waals surface area contributed by atoms with Crippen molar-refractivity contribution in [2.24, 2.45) is 0 Å². The van der Waals surface area contributed by atoms with Crippen LogP contribution in [0.25, 0.3) is 0 Å². The van der Waals surface area contributed by atoms with Crippen molar-refractivity contribution in [2.45, 2.75) is 70.7 Å². The molecular weight excluding hydrogens is 282 g/mol. The second-order valence-electron chi connectivity index (χ2n) is 7.23. The number of amides is 2. The molecule has 0 saturated carbocycles. The first-order chi connectivity index (χ1) is 9.58. The molecule has 0 aromatic carbocycles. The number of carbonyl (C=O) groups excluding carboxylic acids is 2. The van der Waals surface area contributed by atoms with E-state index in [-0.39, 0.29) is 23.0 Å². The highest BCUT2D eigenvalue weighted by Gasteiger charge is 2.38. The predicted octanol–water partition coefficient (Wildman–Crippen LogP) is 3.49. The maximum absolute atomic E-state index is 11.6. The predicted molar refractivity (Wildman–Crippen MR) is 87.5 cm³/mol. The summed E-state index contributed by atoms with van der Waals surface area (Å²) >= 11 is 0. The van der Waals surface area contributed by atoms with E-state index < -0.39 is 8.32 Å². The number of nitrogens with zero attached hydrogens (tertiary/aromatic N) is 1. The van der Waals surface area contributed by atoms with Crippen molar-refractivity contribution in [3.8, 4) is 0 Å². The Labute approximate surface area is 129 Å². The molecule has 1 atom stereocenters. The molecule has 1 unspecified atom stereocenters. The van der Waals surface area contributed by atoms with Gasteiger partial charge in [0.15, 0.2) is 8.32 Å². The average molecular weight is 311 g/mol. The van der Waals surface area contributed by atoms with Crippen LogP contribution in [-0.4, -0.2) is 37.7 Å². The lowest BCUT2D eigenvalue weighted by molar-refractivity contribution is -0.138. The summed E-state index contributed by atoms with van der Waals surface area (Å²) in [5.41, 5.74) is 0. The van der Waals surface area contributed by atoms with E-state index in [4.69, 9.17) is 4.43 Å². The van der Waals surface area contributed by atoms with E-state index in [1.54, 1.807) is 0 Å². The van der Waals surface area contributed by atoms with Crippen molar-refractivity contribution >= 4 is 20.1 Å². The topological polar surface area (TPSA) is 46.6 Å². The summed E-state index contributed by atoms with van der Waals surface area (Å²) in [6.45, 7) is 15.4. The molecule has 1 rings (SSSR count). The molecule has 1 fully saturated rings. The van der Waals surface area contributed by atoms with Gasteiger partial charge in [0.05, 0.1) is 6.10 Å². The van der Waals surface area contributed by atoms with Gasteiger partial charge in [-0.3, -0.25) is 14.5 Å². The van der Waals surface area contributed by atoms with E-state index in [1.165, 1.54) is 4.90 Å². The lowest BCUT2D eigenvalue weighted by Crippen LogP contribution is -2.43. The highest BCUT2D eigenvalue weighted by molar-refractivity contribution is 6.74. The monoisotopic (exact) mass is 311 g/mol. The summed E-state index contributed by atoms with van der Waals surface area (Å²) in [5, 5.41) is 0.162. The average Bonchev–Trinajstić information content (AvgIpc) is 2.67. The van der Waals surface area contributed by atoms with E-state index in [9.17, 15) is 9.59 Å². The minimum atomic E-state index is -1.82. The van der Waals surface area contributed by atoms with Crippen molar-refractivity contribution in [3.05, 3.63) is 12.7 Å². The molecule has 1 aliphatic heterocycles. The van der Waals surface area contributed by atoms with Gasteiger partial charge >= 0.3 is 0 Å². The first-order valence-corrected chi connectivity index (χ1v) is 10.6. The van der Waals surface area contributed by atoms with Gasteiger partial charge in [-0.05, 0) is 31.0 Å². The third kappa shape index (κ3) is 4.78. The zero-order valence-electron chi connectivity index (χ0n) is 14.1. The van der Waals surface area contributed by atoms with Crippen LogP contribution in [0.3, 0.4) is 0 Å². The maximum Gasteiger partial charge on any atom is 0.229 e. The Bertz CT molecular complexity index is 396. The normalized spacial score (nSPS) is 18.2. The standard InChI is InChI=1S/C16H29NO3Si/c1-7-13(20-21(5,6)16(2,3)4)9-8-12-17-14(18)10-11-15(17)19/h7,13H,1,8-12H2,2-6H3. The van der Waals surface area contributed by atoms with Crippen molar-refractivity contribution < 1.29 is 14.0 Å². The SMILES string of the molecule is C=CC(CCCN1C(=O)CCC1=O)O[Si](C)(C)C(C)(C)C. The molecule has 1 aliphatic rings. The largest absolute Gasteiger partial charge is 0.411 e. The third-order valence-electron chi connectivity index (χ3n) is 4.54. The Morgan fingerprint density at radius 3 is 2.24 bits per heavy atom. The lowest BCUT2D eigenvalue weighted by atomic mass is 10.2. The zero-order chi connectivity index (χ0) is 16.3. The summed E-state index contributed by atoms with van der Waals surface area (Å²) < 4.78 is 6.30. The number of imide groups is 1. The Kier molecular flexibility index (Phi) is 5.93. The summed E-state index contributed by atoms with van der Waals surface area (Å²) in [6.07, 6.45) is 4.14. The minimum absolute atomic E-state index is 0.00120. The van der Waals surface area contributed by atoms with Crippen LogP contribution in [0.15, 0.2) is 12.7 Å². The number of carbonyl (C=O) groups is 2. The van der Waals surface area contributed by atoms with Crippen LogP contribution < -0.4 is 0 Å². The Morgan fingerprint density at radius 1 is 1.29 bits per heavy atom. The summed E-state index contributed by atoms with van der Waals surface area (Å²) in [5.74, 6) is -0.0825. The number of likely N-dealkylation sites (tertiary alicyclic amines) is 1. The number of rotatable bonds is 7. The van der Waals surface area contributed by atoms with Crippen molar-refractivity contribution in [1.29, 1.82) is 0 Å². The fourth-order valence-electron chi connectivity index (χ4n) is 2.10. The highest BCUT2D eigenvalue weighted by atomic mass is 28.4. The van der Waals surface area contributed by atoms with Gasteiger partial charge in [-0.1, -0.05) is 26.8 Å². The van der Waals surface area contributed by atoms with Crippen LogP contribution in [0.4, 0.5) is 0 Å². The second kappa shape index (κ2) is 6.88. The smallest absolute Gasteiger partial charge is 0.229 e. The molecule has 2 amide bonds. The van der Waals surface area contributed by atoms with Crippen molar-refractivity contribution in [2.75, 3.05) is 6.54 Å². The molecule has 1 saturated heterocycles. The fourth-order valence-corrected chi connectivity index (χ4v) is 3.43. The third-order valence-corrected chi connectivity index (χ3v) is 9.04. The van der Waals surface area contributed by atoms with E-state index in [0.717, 1.165) is 12.8 Å². The Balaban J connectivity index is 2.47. The Morgan fingerprint density at radius 2 is 1.81 bits per heavy atom. The minimum Gasteiger partial charge on any atom is -0.411 e. The fraction of sp³-hybridized carbons (Fsp3) is 0.750. The first kappa shape index (κ1) is 18.1. The molecule has 5 heteroatoms. The van der Waals surface area contributed by atoms with Crippen molar-refractivity contribution in [1.82, 2.24) is 4.90 Å². The summed E-state index contributed by atoms with van der Waals surface area (Å²) in [4.78, 5) is 24.5. The summed E-state index contributed by atoms with van der Waals surface area (Å²) in [7, 11) is -1.82. The van der Waals surface area contributed by atoms with Crippen molar-refractivity contribution in [3.63, 3.8) is 0 Å².